The van der Waals surface area contributed by atoms with Crippen LogP contribution in [-0.2, 0) is 9.59 Å². The summed E-state index contributed by atoms with van der Waals surface area (Å²) in [6.07, 6.45) is -0.272. The Bertz CT molecular complexity index is 1240. The highest BCUT2D eigenvalue weighted by molar-refractivity contribution is 6.08. The van der Waals surface area contributed by atoms with Gasteiger partial charge in [0, 0.05) is 5.69 Å². The smallest absolute Gasteiger partial charge is 0.317 e. The molecular weight excluding hydrogens is 360 g/mol. The van der Waals surface area contributed by atoms with Crippen molar-refractivity contribution in [2.45, 2.75) is 26.3 Å². The third-order valence-electron chi connectivity index (χ3n) is 5.02. The first kappa shape index (κ1) is 17.7. The highest BCUT2D eigenvalue weighted by Gasteiger charge is 2.33. The van der Waals surface area contributed by atoms with E-state index in [1.165, 1.54) is 0 Å². The third-order valence-corrected chi connectivity index (χ3v) is 5.02. The summed E-state index contributed by atoms with van der Waals surface area (Å²) in [4.78, 5) is 52.5. The molecule has 1 aliphatic rings. The second-order valence-corrected chi connectivity index (χ2v) is 6.84. The molecule has 0 saturated carbocycles. The number of anilines is 2. The molecule has 28 heavy (non-hydrogen) atoms. The standard InChI is InChI=1S/C20H18N4O4/c1-10-8-13-17-16(11(10)2)23-18(26)14(24(17)20(28)19(27)22-13)9-15(25)21-12-6-4-3-5-7-12/h3-8,14H,9H2,1-2H3,(H,21,25)(H,22,27)(H,23,26). The molecule has 2 amide bonds. The first-order chi connectivity index (χ1) is 13.4. The van der Waals surface area contributed by atoms with Gasteiger partial charge in [-0.25, -0.2) is 0 Å². The maximum Gasteiger partial charge on any atom is 0.317 e. The molecule has 0 spiro atoms. The lowest BCUT2D eigenvalue weighted by Crippen LogP contribution is -2.45. The lowest BCUT2D eigenvalue weighted by molar-refractivity contribution is -0.124. The van der Waals surface area contributed by atoms with Crippen LogP contribution in [0.15, 0.2) is 46.0 Å². The number of carbonyl (C=O) groups excluding carboxylic acids is 2. The van der Waals surface area contributed by atoms with Gasteiger partial charge in [0.15, 0.2) is 0 Å². The van der Waals surface area contributed by atoms with Crippen molar-refractivity contribution in [1.29, 1.82) is 0 Å². The van der Waals surface area contributed by atoms with Gasteiger partial charge in [0.1, 0.15) is 6.04 Å². The SMILES string of the molecule is Cc1cc2[nH]c(=O)c(=O)n3c2c(c1C)NC(=O)C3CC(=O)Nc1ccccc1. The van der Waals surface area contributed by atoms with Crippen LogP contribution in [-0.4, -0.2) is 21.4 Å². The first-order valence-electron chi connectivity index (χ1n) is 8.81. The summed E-state index contributed by atoms with van der Waals surface area (Å²) in [6.45, 7) is 3.68. The molecule has 0 bridgehead atoms. The number of H-pyrrole nitrogens is 1. The van der Waals surface area contributed by atoms with Crippen LogP contribution in [0.4, 0.5) is 11.4 Å². The molecule has 3 N–H and O–H groups in total. The molecule has 142 valence electrons. The van der Waals surface area contributed by atoms with E-state index in [0.717, 1.165) is 15.7 Å². The maximum atomic E-state index is 12.7. The lowest BCUT2D eigenvalue weighted by Gasteiger charge is -2.28. The highest BCUT2D eigenvalue weighted by Crippen LogP contribution is 2.34. The van der Waals surface area contributed by atoms with Gasteiger partial charge in [-0.1, -0.05) is 18.2 Å². The predicted octanol–water partition coefficient (Wildman–Crippen LogP) is 1.83. The van der Waals surface area contributed by atoms with Crippen LogP contribution in [0.2, 0.25) is 0 Å². The molecule has 1 aliphatic heterocycles. The predicted molar refractivity (Wildman–Crippen MR) is 106 cm³/mol. The van der Waals surface area contributed by atoms with E-state index in [0.29, 0.717) is 22.4 Å². The fraction of sp³-hybridized carbons (Fsp3) is 0.200. The average molecular weight is 378 g/mol. The molecule has 2 heterocycles. The van der Waals surface area contributed by atoms with Gasteiger partial charge >= 0.3 is 11.1 Å². The van der Waals surface area contributed by atoms with Gasteiger partial charge in [0.25, 0.3) is 0 Å². The van der Waals surface area contributed by atoms with Crippen LogP contribution < -0.4 is 21.8 Å². The van der Waals surface area contributed by atoms with E-state index in [2.05, 4.69) is 15.6 Å². The molecular formula is C20H18N4O4. The Morgan fingerprint density at radius 1 is 1.14 bits per heavy atom. The summed E-state index contributed by atoms with van der Waals surface area (Å²) in [6, 6.07) is 9.44. The van der Waals surface area contributed by atoms with Crippen LogP contribution in [0.5, 0.6) is 0 Å². The molecule has 1 atom stereocenters. The number of hydrogen-bond acceptors (Lipinski definition) is 4. The van der Waals surface area contributed by atoms with Crippen molar-refractivity contribution in [2.24, 2.45) is 0 Å². The second kappa shape index (κ2) is 6.49. The molecule has 4 rings (SSSR count). The number of rotatable bonds is 3. The molecule has 1 aromatic heterocycles. The van der Waals surface area contributed by atoms with Gasteiger partial charge in [-0.15, -0.1) is 0 Å². The van der Waals surface area contributed by atoms with Gasteiger partial charge in [-0.3, -0.25) is 23.7 Å². The summed E-state index contributed by atoms with van der Waals surface area (Å²) in [5, 5.41) is 5.50. The minimum atomic E-state index is -1.12. The molecule has 2 aromatic carbocycles. The number of para-hydroxylation sites is 1. The molecule has 0 radical (unpaired) electrons. The second-order valence-electron chi connectivity index (χ2n) is 6.84. The quantitative estimate of drug-likeness (QED) is 0.604. The number of amides is 2. The molecule has 0 fully saturated rings. The zero-order chi connectivity index (χ0) is 20.0. The summed E-state index contributed by atoms with van der Waals surface area (Å²) in [5.74, 6) is -0.933. The van der Waals surface area contributed by atoms with E-state index in [4.69, 9.17) is 0 Å². The number of aromatic nitrogens is 2. The van der Waals surface area contributed by atoms with Crippen molar-refractivity contribution >= 4 is 34.2 Å². The van der Waals surface area contributed by atoms with E-state index >= 15 is 0 Å². The summed E-state index contributed by atoms with van der Waals surface area (Å²) in [7, 11) is 0. The van der Waals surface area contributed by atoms with Crippen LogP contribution in [0.25, 0.3) is 11.0 Å². The number of aryl methyl sites for hydroxylation is 1. The summed E-state index contributed by atoms with van der Waals surface area (Å²) >= 11 is 0. The van der Waals surface area contributed by atoms with Crippen molar-refractivity contribution in [3.8, 4) is 0 Å². The fourth-order valence-electron chi connectivity index (χ4n) is 3.50. The number of hydrogen-bond donors (Lipinski definition) is 3. The van der Waals surface area contributed by atoms with Crippen molar-refractivity contribution in [3.63, 3.8) is 0 Å². The van der Waals surface area contributed by atoms with E-state index < -0.39 is 29.0 Å². The van der Waals surface area contributed by atoms with E-state index in [9.17, 15) is 19.2 Å². The Kier molecular flexibility index (Phi) is 4.11. The van der Waals surface area contributed by atoms with Crippen LogP contribution in [0, 0.1) is 13.8 Å². The molecule has 3 aromatic rings. The first-order valence-corrected chi connectivity index (χ1v) is 8.81. The zero-order valence-corrected chi connectivity index (χ0v) is 15.3. The van der Waals surface area contributed by atoms with E-state index in [1.807, 2.05) is 19.9 Å². The Morgan fingerprint density at radius 2 is 1.86 bits per heavy atom. The number of carbonyl (C=O) groups is 2. The number of nitrogens with zero attached hydrogens (tertiary/aromatic N) is 1. The monoisotopic (exact) mass is 378 g/mol. The van der Waals surface area contributed by atoms with Gasteiger partial charge in [0.05, 0.1) is 23.1 Å². The summed E-state index contributed by atoms with van der Waals surface area (Å²) in [5.41, 5.74) is 1.90. The van der Waals surface area contributed by atoms with Gasteiger partial charge in [-0.05, 0) is 43.2 Å². The fourth-order valence-corrected chi connectivity index (χ4v) is 3.50. The Labute approximate surface area is 159 Å². The van der Waals surface area contributed by atoms with Crippen molar-refractivity contribution in [1.82, 2.24) is 9.55 Å². The minimum absolute atomic E-state index is 0.272. The highest BCUT2D eigenvalue weighted by atomic mass is 16.2. The van der Waals surface area contributed by atoms with Gasteiger partial charge in [-0.2, -0.15) is 0 Å². The maximum absolute atomic E-state index is 12.7. The Balaban J connectivity index is 1.82. The largest absolute Gasteiger partial charge is 0.326 e. The summed E-state index contributed by atoms with van der Waals surface area (Å²) < 4.78 is 1.14. The van der Waals surface area contributed by atoms with Gasteiger partial charge in [0.2, 0.25) is 11.8 Å². The van der Waals surface area contributed by atoms with Crippen molar-refractivity contribution in [3.05, 3.63) is 68.2 Å². The van der Waals surface area contributed by atoms with Crippen LogP contribution >= 0.6 is 0 Å². The molecule has 0 saturated heterocycles. The number of aromatic amines is 1. The van der Waals surface area contributed by atoms with Crippen molar-refractivity contribution < 1.29 is 9.59 Å². The topological polar surface area (TPSA) is 113 Å². The Morgan fingerprint density at radius 3 is 2.57 bits per heavy atom. The van der Waals surface area contributed by atoms with E-state index in [1.54, 1.807) is 30.3 Å². The average Bonchev–Trinajstić information content (AvgIpc) is 2.66. The molecule has 1 unspecified atom stereocenters. The normalized spacial score (nSPS) is 15.4. The third kappa shape index (κ3) is 2.79. The van der Waals surface area contributed by atoms with Crippen LogP contribution in [0.1, 0.15) is 23.6 Å². The Hall–Kier alpha value is -3.68. The number of nitrogens with one attached hydrogen (secondary N) is 3. The number of benzene rings is 2. The zero-order valence-electron chi connectivity index (χ0n) is 15.3. The van der Waals surface area contributed by atoms with Gasteiger partial charge < -0.3 is 15.6 Å². The van der Waals surface area contributed by atoms with Crippen molar-refractivity contribution in [2.75, 3.05) is 10.6 Å². The van der Waals surface area contributed by atoms with E-state index in [-0.39, 0.29) is 6.42 Å². The molecule has 8 heteroatoms. The molecule has 0 aliphatic carbocycles. The molecule has 8 nitrogen and oxygen atoms in total. The lowest BCUT2D eigenvalue weighted by atomic mass is 10.0. The minimum Gasteiger partial charge on any atom is -0.326 e. The van der Waals surface area contributed by atoms with Crippen LogP contribution in [0.3, 0.4) is 0 Å².